The highest BCUT2D eigenvalue weighted by molar-refractivity contribution is 7.89. The second-order valence-corrected chi connectivity index (χ2v) is 10.1. The Balaban J connectivity index is 1.37. The van der Waals surface area contributed by atoms with Crippen molar-refractivity contribution in [3.63, 3.8) is 0 Å². The van der Waals surface area contributed by atoms with E-state index < -0.39 is 10.0 Å². The maximum Gasteiger partial charge on any atom is 0.243 e. The molecule has 32 heavy (non-hydrogen) atoms. The van der Waals surface area contributed by atoms with Gasteiger partial charge in [0, 0.05) is 31.1 Å². The highest BCUT2D eigenvalue weighted by Crippen LogP contribution is 2.25. The lowest BCUT2D eigenvalue weighted by Crippen LogP contribution is -2.42. The van der Waals surface area contributed by atoms with Crippen LogP contribution in [0.3, 0.4) is 0 Å². The predicted octanol–water partition coefficient (Wildman–Crippen LogP) is 3.76. The van der Waals surface area contributed by atoms with E-state index in [9.17, 15) is 18.0 Å². The maximum absolute atomic E-state index is 13.0. The quantitative estimate of drug-likeness (QED) is 0.580. The molecule has 7 heteroatoms. The number of hydrogen-bond donors (Lipinski definition) is 1. The number of hydrogen-bond acceptors (Lipinski definition) is 4. The molecule has 0 spiro atoms. The normalized spacial score (nSPS) is 15.5. The molecule has 1 aliphatic heterocycles. The monoisotopic (exact) mass is 450 g/mol. The molecule has 0 saturated carbocycles. The standard InChI is InChI=1S/C25H26N2O4S/c1-18(28)21-8-5-10-23(16-21)32(30,31)27-14-12-20(13-15-27)25(29)26-17-22-9-4-7-19-6-2-3-11-24(19)22/h2-11,16,20H,12-15,17H2,1H3,(H,26,29). The summed E-state index contributed by atoms with van der Waals surface area (Å²) in [7, 11) is -3.70. The second kappa shape index (κ2) is 9.22. The van der Waals surface area contributed by atoms with Gasteiger partial charge in [0.2, 0.25) is 15.9 Å². The number of carbonyl (C=O) groups is 2. The smallest absolute Gasteiger partial charge is 0.243 e. The van der Waals surface area contributed by atoms with Crippen molar-refractivity contribution in [3.8, 4) is 0 Å². The third-order valence-electron chi connectivity index (χ3n) is 6.04. The van der Waals surface area contributed by atoms with Gasteiger partial charge in [0.1, 0.15) is 0 Å². The van der Waals surface area contributed by atoms with Crippen molar-refractivity contribution in [1.29, 1.82) is 0 Å². The van der Waals surface area contributed by atoms with Gasteiger partial charge < -0.3 is 5.32 Å². The molecule has 3 aromatic carbocycles. The predicted molar refractivity (Wildman–Crippen MR) is 124 cm³/mol. The molecule has 1 heterocycles. The molecule has 0 radical (unpaired) electrons. The zero-order valence-electron chi connectivity index (χ0n) is 18.0. The van der Waals surface area contributed by atoms with Crippen molar-refractivity contribution in [2.75, 3.05) is 13.1 Å². The highest BCUT2D eigenvalue weighted by Gasteiger charge is 2.32. The van der Waals surface area contributed by atoms with E-state index >= 15 is 0 Å². The first-order valence-electron chi connectivity index (χ1n) is 10.7. The summed E-state index contributed by atoms with van der Waals surface area (Å²) in [4.78, 5) is 24.5. The third-order valence-corrected chi connectivity index (χ3v) is 7.93. The van der Waals surface area contributed by atoms with Crippen molar-refractivity contribution in [3.05, 3.63) is 77.9 Å². The Morgan fingerprint density at radius 1 is 0.969 bits per heavy atom. The van der Waals surface area contributed by atoms with Gasteiger partial charge in [-0.15, -0.1) is 0 Å². The summed E-state index contributed by atoms with van der Waals surface area (Å²) in [6.45, 7) is 2.41. The summed E-state index contributed by atoms with van der Waals surface area (Å²) < 4.78 is 27.4. The topological polar surface area (TPSA) is 83.6 Å². The number of amides is 1. The van der Waals surface area contributed by atoms with E-state index in [1.165, 1.54) is 23.4 Å². The van der Waals surface area contributed by atoms with Gasteiger partial charge in [-0.05, 0) is 48.2 Å². The van der Waals surface area contributed by atoms with Crippen LogP contribution in [0.15, 0.2) is 71.6 Å². The Kier molecular flexibility index (Phi) is 6.39. The Morgan fingerprint density at radius 3 is 2.41 bits per heavy atom. The van der Waals surface area contributed by atoms with E-state index in [2.05, 4.69) is 5.32 Å². The molecule has 0 atom stereocenters. The van der Waals surface area contributed by atoms with Gasteiger partial charge in [0.05, 0.1) is 4.90 Å². The summed E-state index contributed by atoms with van der Waals surface area (Å²) in [6.07, 6.45) is 0.931. The number of rotatable bonds is 6. The number of benzene rings is 3. The van der Waals surface area contributed by atoms with Crippen LogP contribution < -0.4 is 5.32 Å². The van der Waals surface area contributed by atoms with Crippen LogP contribution in [-0.2, 0) is 21.4 Å². The summed E-state index contributed by atoms with van der Waals surface area (Å²) in [5, 5.41) is 5.27. The van der Waals surface area contributed by atoms with E-state index in [0.717, 1.165) is 16.3 Å². The minimum atomic E-state index is -3.70. The summed E-state index contributed by atoms with van der Waals surface area (Å²) in [5.41, 5.74) is 1.43. The molecule has 0 aliphatic carbocycles. The fourth-order valence-corrected chi connectivity index (χ4v) is 5.67. The Labute approximate surface area is 188 Å². The zero-order chi connectivity index (χ0) is 22.7. The lowest BCUT2D eigenvalue weighted by Gasteiger charge is -2.30. The largest absolute Gasteiger partial charge is 0.352 e. The molecular weight excluding hydrogens is 424 g/mol. The molecule has 1 fully saturated rings. The highest BCUT2D eigenvalue weighted by atomic mass is 32.2. The van der Waals surface area contributed by atoms with Gasteiger partial charge >= 0.3 is 0 Å². The van der Waals surface area contributed by atoms with E-state index in [1.54, 1.807) is 12.1 Å². The first kappa shape index (κ1) is 22.2. The Bertz CT molecular complexity index is 1260. The van der Waals surface area contributed by atoms with E-state index in [4.69, 9.17) is 0 Å². The minimum Gasteiger partial charge on any atom is -0.352 e. The average molecular weight is 451 g/mol. The zero-order valence-corrected chi connectivity index (χ0v) is 18.8. The second-order valence-electron chi connectivity index (χ2n) is 8.12. The van der Waals surface area contributed by atoms with Gasteiger partial charge in [0.15, 0.2) is 5.78 Å². The van der Waals surface area contributed by atoms with Crippen molar-refractivity contribution < 1.29 is 18.0 Å². The van der Waals surface area contributed by atoms with Crippen LogP contribution >= 0.6 is 0 Å². The van der Waals surface area contributed by atoms with Crippen LogP contribution in [0.2, 0.25) is 0 Å². The molecule has 0 aromatic heterocycles. The van der Waals surface area contributed by atoms with E-state index in [-0.39, 0.29) is 35.6 Å². The summed E-state index contributed by atoms with van der Waals surface area (Å²) in [5.74, 6) is -0.447. The fourth-order valence-electron chi connectivity index (χ4n) is 4.16. The third kappa shape index (κ3) is 4.59. The number of piperidine rings is 1. The number of ketones is 1. The van der Waals surface area contributed by atoms with Crippen LogP contribution in [0, 0.1) is 5.92 Å². The average Bonchev–Trinajstić information content (AvgIpc) is 2.82. The number of sulfonamides is 1. The number of nitrogens with one attached hydrogen (secondary N) is 1. The first-order valence-corrected chi connectivity index (χ1v) is 12.2. The molecule has 0 unspecified atom stereocenters. The van der Waals surface area contributed by atoms with Crippen LogP contribution in [-0.4, -0.2) is 37.5 Å². The van der Waals surface area contributed by atoms with Gasteiger partial charge in [-0.1, -0.05) is 54.6 Å². The van der Waals surface area contributed by atoms with Gasteiger partial charge in [-0.25, -0.2) is 8.42 Å². The van der Waals surface area contributed by atoms with Gasteiger partial charge in [-0.3, -0.25) is 9.59 Å². The van der Waals surface area contributed by atoms with Crippen LogP contribution in [0.25, 0.3) is 10.8 Å². The van der Waals surface area contributed by atoms with Crippen LogP contribution in [0.4, 0.5) is 0 Å². The van der Waals surface area contributed by atoms with E-state index in [0.29, 0.717) is 24.9 Å². The number of nitrogens with zero attached hydrogens (tertiary/aromatic N) is 1. The minimum absolute atomic E-state index is 0.0476. The van der Waals surface area contributed by atoms with Gasteiger partial charge in [0.25, 0.3) is 0 Å². The Hall–Kier alpha value is -3.03. The van der Waals surface area contributed by atoms with Gasteiger partial charge in [-0.2, -0.15) is 4.31 Å². The Morgan fingerprint density at radius 2 is 1.66 bits per heavy atom. The van der Waals surface area contributed by atoms with Crippen LogP contribution in [0.5, 0.6) is 0 Å². The lowest BCUT2D eigenvalue weighted by atomic mass is 9.97. The molecule has 4 rings (SSSR count). The molecule has 1 aliphatic rings. The van der Waals surface area contributed by atoms with Crippen molar-refractivity contribution in [2.24, 2.45) is 5.92 Å². The number of Topliss-reactive ketones (excluding diaryl/α,β-unsaturated/α-hetero) is 1. The molecule has 1 saturated heterocycles. The van der Waals surface area contributed by atoms with Crippen molar-refractivity contribution in [2.45, 2.75) is 31.2 Å². The maximum atomic E-state index is 13.0. The first-order chi connectivity index (χ1) is 15.4. The van der Waals surface area contributed by atoms with Crippen LogP contribution in [0.1, 0.15) is 35.7 Å². The molecule has 1 amide bonds. The number of carbonyl (C=O) groups excluding carboxylic acids is 2. The molecule has 0 bridgehead atoms. The molecule has 1 N–H and O–H groups in total. The molecular formula is C25H26N2O4S. The fraction of sp³-hybridized carbons (Fsp3) is 0.280. The van der Waals surface area contributed by atoms with E-state index in [1.807, 2.05) is 42.5 Å². The SMILES string of the molecule is CC(=O)c1cccc(S(=O)(=O)N2CCC(C(=O)NCc3cccc4ccccc34)CC2)c1. The van der Waals surface area contributed by atoms with Crippen molar-refractivity contribution in [1.82, 2.24) is 9.62 Å². The lowest BCUT2D eigenvalue weighted by molar-refractivity contribution is -0.126. The summed E-state index contributed by atoms with van der Waals surface area (Å²) >= 11 is 0. The van der Waals surface area contributed by atoms with Crippen molar-refractivity contribution >= 4 is 32.5 Å². The molecule has 166 valence electrons. The number of fused-ring (bicyclic) bond motifs is 1. The molecule has 3 aromatic rings. The molecule has 6 nitrogen and oxygen atoms in total. The summed E-state index contributed by atoms with van der Waals surface area (Å²) in [6, 6.07) is 20.2.